The van der Waals surface area contributed by atoms with E-state index >= 15 is 0 Å². The van der Waals surface area contributed by atoms with Gasteiger partial charge in [-0.15, -0.1) is 0 Å². The van der Waals surface area contributed by atoms with Crippen LogP contribution in [0.4, 0.5) is 0 Å². The molecule has 0 aliphatic rings. The molecule has 4 heteroatoms. The molecule has 0 bridgehead atoms. The molecule has 1 amide bonds. The molecule has 3 N–H and O–H groups in total. The fourth-order valence-electron chi connectivity index (χ4n) is 4.98. The number of rotatable bonds is 28. The Bertz CT molecular complexity index is 766. The minimum atomic E-state index is 0.133. The van der Waals surface area contributed by atoms with E-state index in [4.69, 9.17) is 0 Å². The van der Waals surface area contributed by atoms with E-state index in [9.17, 15) is 4.79 Å². The van der Waals surface area contributed by atoms with E-state index in [1.165, 1.54) is 57.8 Å². The molecule has 0 saturated carbocycles. The topological polar surface area (TPSA) is 53.2 Å². The first-order valence-electron chi connectivity index (χ1n) is 16.2. The molecule has 4 nitrogen and oxygen atoms in total. The van der Waals surface area contributed by atoms with Gasteiger partial charge >= 0.3 is 0 Å². The van der Waals surface area contributed by atoms with E-state index in [-0.39, 0.29) is 17.9 Å². The van der Waals surface area contributed by atoms with Gasteiger partial charge in [-0.2, -0.15) is 0 Å². The summed E-state index contributed by atoms with van der Waals surface area (Å²) in [7, 11) is 0. The number of hydrogen-bond donors (Lipinski definition) is 3. The monoisotopic (exact) mass is 556 g/mol. The van der Waals surface area contributed by atoms with Crippen LogP contribution in [0.3, 0.4) is 0 Å². The van der Waals surface area contributed by atoms with Crippen LogP contribution >= 0.6 is 0 Å². The molecule has 0 aliphatic carbocycles. The van der Waals surface area contributed by atoms with Crippen LogP contribution in [0.1, 0.15) is 137 Å². The molecule has 230 valence electrons. The van der Waals surface area contributed by atoms with Crippen LogP contribution in [0.5, 0.6) is 0 Å². The van der Waals surface area contributed by atoms with Gasteiger partial charge in [0.2, 0.25) is 5.91 Å². The molecular formula is C36H65N3O. The SMILES string of the molecule is C=C(CCCC(=C)NC(CCC(=C)C(CCC(=O)NCCCCCC)C(=C)C)C(=C)C)NCCCCCCCC. The van der Waals surface area contributed by atoms with Crippen molar-refractivity contribution in [2.75, 3.05) is 13.1 Å². The lowest BCUT2D eigenvalue weighted by Gasteiger charge is -2.25. The summed E-state index contributed by atoms with van der Waals surface area (Å²) in [6.45, 7) is 31.7. The number of hydrogen-bond acceptors (Lipinski definition) is 3. The van der Waals surface area contributed by atoms with Gasteiger partial charge in [0.15, 0.2) is 0 Å². The van der Waals surface area contributed by atoms with Gasteiger partial charge in [-0.25, -0.2) is 0 Å². The summed E-state index contributed by atoms with van der Waals surface area (Å²) < 4.78 is 0. The fourth-order valence-corrected chi connectivity index (χ4v) is 4.98. The zero-order valence-corrected chi connectivity index (χ0v) is 27.0. The largest absolute Gasteiger partial charge is 0.389 e. The van der Waals surface area contributed by atoms with Crippen LogP contribution in [0.2, 0.25) is 0 Å². The Morgan fingerprint density at radius 3 is 1.75 bits per heavy atom. The number of unbranched alkanes of at least 4 members (excludes halogenated alkanes) is 8. The third kappa shape index (κ3) is 20.6. The molecule has 0 aromatic heterocycles. The van der Waals surface area contributed by atoms with Crippen molar-refractivity contribution in [2.24, 2.45) is 5.92 Å². The molecule has 0 saturated heterocycles. The van der Waals surface area contributed by atoms with E-state index in [1.807, 2.05) is 6.92 Å². The van der Waals surface area contributed by atoms with Gasteiger partial charge < -0.3 is 16.0 Å². The van der Waals surface area contributed by atoms with Crippen molar-refractivity contribution in [3.63, 3.8) is 0 Å². The van der Waals surface area contributed by atoms with Gasteiger partial charge in [0.1, 0.15) is 0 Å². The third-order valence-electron chi connectivity index (χ3n) is 7.69. The lowest BCUT2D eigenvalue weighted by atomic mass is 9.85. The molecule has 0 radical (unpaired) electrons. The molecule has 0 aromatic carbocycles. The van der Waals surface area contributed by atoms with Crippen molar-refractivity contribution in [2.45, 2.75) is 143 Å². The van der Waals surface area contributed by atoms with Gasteiger partial charge in [0.05, 0.1) is 0 Å². The lowest BCUT2D eigenvalue weighted by Crippen LogP contribution is -2.29. The summed E-state index contributed by atoms with van der Waals surface area (Å²) in [5, 5.41) is 10.2. The molecule has 0 heterocycles. The Balaban J connectivity index is 4.37. The number of nitrogens with one attached hydrogen (secondary N) is 3. The second-order valence-corrected chi connectivity index (χ2v) is 11.8. The minimum absolute atomic E-state index is 0.133. The van der Waals surface area contributed by atoms with Crippen molar-refractivity contribution < 1.29 is 4.79 Å². The second-order valence-electron chi connectivity index (χ2n) is 11.8. The van der Waals surface area contributed by atoms with Gasteiger partial charge in [-0.3, -0.25) is 4.79 Å². The van der Waals surface area contributed by atoms with E-state index in [2.05, 4.69) is 69.6 Å². The van der Waals surface area contributed by atoms with Crippen LogP contribution < -0.4 is 16.0 Å². The predicted molar refractivity (Wildman–Crippen MR) is 178 cm³/mol. The molecule has 2 unspecified atom stereocenters. The highest BCUT2D eigenvalue weighted by Gasteiger charge is 2.18. The Morgan fingerprint density at radius 2 is 1.15 bits per heavy atom. The molecule has 0 spiro atoms. The molecule has 0 aliphatic heterocycles. The van der Waals surface area contributed by atoms with Crippen LogP contribution in [-0.2, 0) is 4.79 Å². The highest BCUT2D eigenvalue weighted by Crippen LogP contribution is 2.28. The average molecular weight is 556 g/mol. The smallest absolute Gasteiger partial charge is 0.220 e. The van der Waals surface area contributed by atoms with Crippen LogP contribution in [-0.4, -0.2) is 25.0 Å². The number of carbonyl (C=O) groups excluding carboxylic acids is 1. The molecule has 40 heavy (non-hydrogen) atoms. The molecule has 0 rings (SSSR count). The van der Waals surface area contributed by atoms with Crippen molar-refractivity contribution in [3.05, 3.63) is 61.0 Å². The van der Waals surface area contributed by atoms with E-state index in [0.29, 0.717) is 6.42 Å². The summed E-state index contributed by atoms with van der Waals surface area (Å²) in [5.74, 6) is 0.295. The van der Waals surface area contributed by atoms with Crippen molar-refractivity contribution in [3.8, 4) is 0 Å². The number of carbonyl (C=O) groups is 1. The average Bonchev–Trinajstić information content (AvgIpc) is 2.90. The molecule has 0 aromatic rings. The van der Waals surface area contributed by atoms with E-state index in [0.717, 1.165) is 86.1 Å². The Labute approximate surface area is 249 Å². The first kappa shape index (κ1) is 37.8. The lowest BCUT2D eigenvalue weighted by molar-refractivity contribution is -0.121. The zero-order chi connectivity index (χ0) is 30.2. The second kappa shape index (κ2) is 24.6. The molecule has 0 fully saturated rings. The minimum Gasteiger partial charge on any atom is -0.389 e. The van der Waals surface area contributed by atoms with Gasteiger partial charge in [-0.05, 0) is 65.2 Å². The third-order valence-corrected chi connectivity index (χ3v) is 7.69. The quantitative estimate of drug-likeness (QED) is 0.0665. The fraction of sp³-hybridized carbons (Fsp3) is 0.694. The first-order chi connectivity index (χ1) is 19.1. The van der Waals surface area contributed by atoms with Crippen LogP contribution in [0.15, 0.2) is 61.0 Å². The Hall–Kier alpha value is -2.23. The summed E-state index contributed by atoms with van der Waals surface area (Å²) >= 11 is 0. The van der Waals surface area contributed by atoms with E-state index in [1.54, 1.807) is 0 Å². The van der Waals surface area contributed by atoms with E-state index < -0.39 is 0 Å². The number of amides is 1. The highest BCUT2D eigenvalue weighted by molar-refractivity contribution is 5.75. The predicted octanol–water partition coefficient (Wildman–Crippen LogP) is 9.67. The van der Waals surface area contributed by atoms with Gasteiger partial charge in [0, 0.05) is 42.9 Å². The van der Waals surface area contributed by atoms with Gasteiger partial charge in [0.25, 0.3) is 0 Å². The maximum absolute atomic E-state index is 12.3. The van der Waals surface area contributed by atoms with Crippen LogP contribution in [0, 0.1) is 5.92 Å². The summed E-state index contributed by atoms with van der Waals surface area (Å²) in [4.78, 5) is 12.3. The number of allylic oxidation sites excluding steroid dienone is 4. The normalized spacial score (nSPS) is 12.3. The maximum atomic E-state index is 12.3. The van der Waals surface area contributed by atoms with Crippen molar-refractivity contribution in [1.29, 1.82) is 0 Å². The standard InChI is InChI=1S/C36H65N3O/c1-10-12-14-16-17-19-27-37-32(8)21-20-22-33(9)39-35(30(5)6)25-23-31(7)34(29(3)4)24-26-36(40)38-28-18-15-13-11-2/h34-35,37,39H,3,5,7-28H2,1-2,4,6H3,(H,38,40). The maximum Gasteiger partial charge on any atom is 0.220 e. The van der Waals surface area contributed by atoms with Gasteiger partial charge in [-0.1, -0.05) is 115 Å². The van der Waals surface area contributed by atoms with Crippen molar-refractivity contribution in [1.82, 2.24) is 16.0 Å². The summed E-state index contributed by atoms with van der Waals surface area (Å²) in [6, 6.07) is 0.162. The highest BCUT2D eigenvalue weighted by atomic mass is 16.1. The van der Waals surface area contributed by atoms with Crippen molar-refractivity contribution >= 4 is 5.91 Å². The Morgan fingerprint density at radius 1 is 0.600 bits per heavy atom. The first-order valence-corrected chi connectivity index (χ1v) is 16.2. The Kier molecular flexibility index (Phi) is 23.2. The molecule has 2 atom stereocenters. The summed E-state index contributed by atoms with van der Waals surface area (Å²) in [6.07, 6.45) is 18.5. The molecular weight excluding hydrogens is 490 g/mol. The van der Waals surface area contributed by atoms with Crippen LogP contribution in [0.25, 0.3) is 0 Å². The zero-order valence-electron chi connectivity index (χ0n) is 27.0. The summed E-state index contributed by atoms with van der Waals surface area (Å²) in [5.41, 5.74) is 5.51.